The van der Waals surface area contributed by atoms with Gasteiger partial charge in [0.2, 0.25) is 10.0 Å². The third-order valence-electron chi connectivity index (χ3n) is 6.24. The van der Waals surface area contributed by atoms with E-state index in [0.717, 1.165) is 5.56 Å². The van der Waals surface area contributed by atoms with E-state index in [1.165, 1.54) is 4.31 Å². The van der Waals surface area contributed by atoms with Crippen LogP contribution in [0.1, 0.15) is 26.3 Å². The van der Waals surface area contributed by atoms with Crippen molar-refractivity contribution in [2.24, 2.45) is 0 Å². The van der Waals surface area contributed by atoms with Crippen LogP contribution in [0.2, 0.25) is 18.1 Å². The summed E-state index contributed by atoms with van der Waals surface area (Å²) in [5, 5.41) is 0.00352. The van der Waals surface area contributed by atoms with Gasteiger partial charge in [-0.3, -0.25) is 0 Å². The Morgan fingerprint density at radius 3 is 2.38 bits per heavy atom. The summed E-state index contributed by atoms with van der Waals surface area (Å²) in [4.78, 5) is 0.217. The van der Waals surface area contributed by atoms with Crippen molar-refractivity contribution >= 4 is 34.3 Å². The van der Waals surface area contributed by atoms with Crippen LogP contribution in [0, 0.1) is 6.92 Å². The van der Waals surface area contributed by atoms with Crippen molar-refractivity contribution in [2.45, 2.75) is 69.2 Å². The SMILES string of the molecule is C=CCO[C@@H]1C=C[C@H](N(CC(=C)Br)S(=O)(=O)c2ccc(C)cc2)[C@@H](CO[Si](C)(C)C(C)(C)C)O1. The van der Waals surface area contributed by atoms with Gasteiger partial charge in [-0.2, -0.15) is 4.31 Å². The Kier molecular flexibility index (Phi) is 10.1. The second-order valence-corrected chi connectivity index (χ2v) is 17.8. The van der Waals surface area contributed by atoms with Crippen LogP contribution in [0.15, 0.2) is 65.0 Å². The van der Waals surface area contributed by atoms with Gasteiger partial charge in [-0.1, -0.05) is 73.1 Å². The van der Waals surface area contributed by atoms with Crippen LogP contribution < -0.4 is 0 Å². The highest BCUT2D eigenvalue weighted by Gasteiger charge is 2.42. The number of aryl methyl sites for hydroxylation is 1. The molecule has 0 N–H and O–H groups in total. The van der Waals surface area contributed by atoms with Gasteiger partial charge in [0.1, 0.15) is 6.10 Å². The molecule has 0 unspecified atom stereocenters. The lowest BCUT2D eigenvalue weighted by Crippen LogP contribution is -2.53. The van der Waals surface area contributed by atoms with E-state index in [9.17, 15) is 8.42 Å². The van der Waals surface area contributed by atoms with E-state index in [-0.39, 0.29) is 23.1 Å². The fraction of sp³-hybridized carbons (Fsp3) is 0.520. The average molecular weight is 573 g/mol. The lowest BCUT2D eigenvalue weighted by atomic mass is 10.1. The van der Waals surface area contributed by atoms with Gasteiger partial charge in [0.25, 0.3) is 0 Å². The molecule has 0 bridgehead atoms. The van der Waals surface area contributed by atoms with Gasteiger partial charge in [-0.25, -0.2) is 8.42 Å². The lowest BCUT2D eigenvalue weighted by Gasteiger charge is -2.41. The smallest absolute Gasteiger partial charge is 0.244 e. The molecule has 0 saturated heterocycles. The number of sulfonamides is 1. The molecule has 6 nitrogen and oxygen atoms in total. The molecule has 1 aliphatic rings. The first-order chi connectivity index (χ1) is 15.7. The highest BCUT2D eigenvalue weighted by molar-refractivity contribution is 9.11. The van der Waals surface area contributed by atoms with Gasteiger partial charge >= 0.3 is 0 Å². The molecule has 9 heteroatoms. The van der Waals surface area contributed by atoms with Crippen molar-refractivity contribution in [1.29, 1.82) is 0 Å². The van der Waals surface area contributed by atoms with Crippen molar-refractivity contribution in [3.63, 3.8) is 0 Å². The Labute approximate surface area is 215 Å². The largest absolute Gasteiger partial charge is 0.414 e. The topological polar surface area (TPSA) is 65.1 Å². The van der Waals surface area contributed by atoms with Crippen molar-refractivity contribution in [3.8, 4) is 0 Å². The number of nitrogens with zero attached hydrogens (tertiary/aromatic N) is 1. The molecular weight excluding hydrogens is 534 g/mol. The van der Waals surface area contributed by atoms with Gasteiger partial charge in [-0.15, -0.1) is 6.58 Å². The predicted molar refractivity (Wildman–Crippen MR) is 144 cm³/mol. The second-order valence-electron chi connectivity index (χ2n) is 9.99. The van der Waals surface area contributed by atoms with Gasteiger partial charge in [0.05, 0.1) is 24.2 Å². The maximum absolute atomic E-state index is 13.7. The van der Waals surface area contributed by atoms with Crippen molar-refractivity contribution in [3.05, 3.63) is 65.7 Å². The minimum atomic E-state index is -3.85. The fourth-order valence-electron chi connectivity index (χ4n) is 3.18. The summed E-state index contributed by atoms with van der Waals surface area (Å²) < 4.78 is 47.8. The first kappa shape index (κ1) is 29.2. The molecule has 2 rings (SSSR count). The third-order valence-corrected chi connectivity index (χ3v) is 12.8. The fourth-order valence-corrected chi connectivity index (χ4v) is 6.23. The predicted octanol–water partition coefficient (Wildman–Crippen LogP) is 5.77. The highest BCUT2D eigenvalue weighted by Crippen LogP contribution is 2.37. The van der Waals surface area contributed by atoms with E-state index in [4.69, 9.17) is 13.9 Å². The van der Waals surface area contributed by atoms with Crippen LogP contribution in [0.3, 0.4) is 0 Å². The summed E-state index contributed by atoms with van der Waals surface area (Å²) in [6, 6.07) is 6.23. The van der Waals surface area contributed by atoms with E-state index in [1.807, 2.05) is 13.0 Å². The molecule has 1 aromatic carbocycles. The minimum absolute atomic E-state index is 0.00352. The molecule has 1 aliphatic heterocycles. The van der Waals surface area contributed by atoms with Gasteiger partial charge in [0.15, 0.2) is 14.6 Å². The second kappa shape index (κ2) is 11.8. The molecule has 3 atom stereocenters. The van der Waals surface area contributed by atoms with E-state index >= 15 is 0 Å². The van der Waals surface area contributed by atoms with Crippen molar-refractivity contribution in [2.75, 3.05) is 19.8 Å². The van der Waals surface area contributed by atoms with Crippen LogP contribution in [-0.2, 0) is 23.9 Å². The maximum atomic E-state index is 13.7. The van der Waals surface area contributed by atoms with Crippen molar-refractivity contribution in [1.82, 2.24) is 4.31 Å². The molecule has 0 amide bonds. The molecule has 1 aromatic rings. The average Bonchev–Trinajstić information content (AvgIpc) is 2.74. The molecule has 1 heterocycles. The van der Waals surface area contributed by atoms with Crippen LogP contribution in [0.25, 0.3) is 0 Å². The summed E-state index contributed by atoms with van der Waals surface area (Å²) in [6.07, 6.45) is 4.04. The van der Waals surface area contributed by atoms with Gasteiger partial charge < -0.3 is 13.9 Å². The monoisotopic (exact) mass is 571 g/mol. The van der Waals surface area contributed by atoms with E-state index < -0.39 is 36.8 Å². The van der Waals surface area contributed by atoms with E-state index in [1.54, 1.807) is 36.4 Å². The number of hydrogen-bond acceptors (Lipinski definition) is 5. The number of benzene rings is 1. The molecule has 0 spiro atoms. The number of ether oxygens (including phenoxy) is 2. The molecule has 0 saturated carbocycles. The number of hydrogen-bond donors (Lipinski definition) is 0. The van der Waals surface area contributed by atoms with Crippen LogP contribution in [0.5, 0.6) is 0 Å². The number of rotatable bonds is 11. The van der Waals surface area contributed by atoms with E-state index in [2.05, 4.69) is 63.0 Å². The zero-order valence-electron chi connectivity index (χ0n) is 21.1. The molecule has 0 radical (unpaired) electrons. The summed E-state index contributed by atoms with van der Waals surface area (Å²) in [5.41, 5.74) is 0.985. The molecule has 0 fully saturated rings. The third kappa shape index (κ3) is 7.46. The zero-order valence-corrected chi connectivity index (χ0v) is 24.5. The normalized spacial score (nSPS) is 21.6. The first-order valence-electron chi connectivity index (χ1n) is 11.3. The Hall–Kier alpha value is -1.07. The molecular formula is C25H38BrNO5SSi. The Balaban J connectivity index is 2.45. The van der Waals surface area contributed by atoms with E-state index in [0.29, 0.717) is 11.1 Å². The molecule has 190 valence electrons. The molecule has 34 heavy (non-hydrogen) atoms. The Morgan fingerprint density at radius 2 is 1.85 bits per heavy atom. The van der Waals surface area contributed by atoms with Gasteiger partial charge in [0, 0.05) is 11.0 Å². The minimum Gasteiger partial charge on any atom is -0.414 e. The number of halogens is 1. The Morgan fingerprint density at radius 1 is 1.24 bits per heavy atom. The standard InChI is InChI=1S/C25H38BrNO5SSi/c1-9-16-30-24-15-14-22(23(32-24)18-31-34(7,8)25(4,5)6)27(17-20(3)26)33(28,29)21-12-10-19(2)11-13-21/h9-15,22-24H,1,3,16-18H2,2,4-8H3/t22-,23+,24-/m0/s1. The van der Waals surface area contributed by atoms with Gasteiger partial charge in [-0.05, 0) is 43.3 Å². The molecule has 0 aromatic heterocycles. The lowest BCUT2D eigenvalue weighted by molar-refractivity contribution is -0.161. The maximum Gasteiger partial charge on any atom is 0.244 e. The zero-order chi connectivity index (χ0) is 25.7. The van der Waals surface area contributed by atoms with Crippen LogP contribution >= 0.6 is 15.9 Å². The summed E-state index contributed by atoms with van der Waals surface area (Å²) in [5.74, 6) is 0. The van der Waals surface area contributed by atoms with Crippen LogP contribution in [-0.4, -0.2) is 59.2 Å². The van der Waals surface area contributed by atoms with Crippen molar-refractivity contribution < 1.29 is 22.3 Å². The molecule has 0 aliphatic carbocycles. The van der Waals surface area contributed by atoms with Crippen LogP contribution in [0.4, 0.5) is 0 Å². The summed E-state index contributed by atoms with van der Waals surface area (Å²) in [7, 11) is -5.96. The quantitative estimate of drug-likeness (QED) is 0.249. The summed E-state index contributed by atoms with van der Waals surface area (Å²) >= 11 is 3.36. The highest BCUT2D eigenvalue weighted by atomic mass is 79.9. The Bertz CT molecular complexity index is 986. The summed E-state index contributed by atoms with van der Waals surface area (Å²) in [6.45, 7) is 21.0. The first-order valence-corrected chi connectivity index (χ1v) is 16.4.